The molecule has 0 radical (unpaired) electrons. The van der Waals surface area contributed by atoms with Crippen molar-refractivity contribution < 1.29 is 9.90 Å². The first-order chi connectivity index (χ1) is 7.13. The molecule has 0 rings (SSSR count). The molecule has 0 aliphatic rings. The van der Waals surface area contributed by atoms with Gasteiger partial charge in [0, 0.05) is 13.0 Å². The molecule has 0 aliphatic heterocycles. The number of nitrogens with one attached hydrogen (secondary N) is 1. The highest BCUT2D eigenvalue weighted by molar-refractivity contribution is 8.11. The van der Waals surface area contributed by atoms with Gasteiger partial charge in [0.05, 0.1) is 0 Å². The SMILES string of the molecule is O=C(O)CCCCCCCCNC(=S)S. The Morgan fingerprint density at radius 2 is 1.67 bits per heavy atom. The molecule has 2 N–H and O–H groups in total. The van der Waals surface area contributed by atoms with Crippen molar-refractivity contribution in [2.45, 2.75) is 44.9 Å². The van der Waals surface area contributed by atoms with Crippen molar-refractivity contribution in [3.05, 3.63) is 0 Å². The van der Waals surface area contributed by atoms with Gasteiger partial charge in [-0.05, 0) is 12.8 Å². The third-order valence-corrected chi connectivity index (χ3v) is 2.40. The minimum atomic E-state index is -0.693. The fourth-order valence-electron chi connectivity index (χ4n) is 1.30. The van der Waals surface area contributed by atoms with Crippen LogP contribution in [0.25, 0.3) is 0 Å². The normalized spacial score (nSPS) is 9.93. The predicted octanol–water partition coefficient (Wildman–Crippen LogP) is 2.61. The van der Waals surface area contributed by atoms with E-state index in [1.807, 2.05) is 0 Å². The maximum absolute atomic E-state index is 10.2. The quantitative estimate of drug-likeness (QED) is 0.334. The lowest BCUT2D eigenvalue weighted by molar-refractivity contribution is -0.137. The van der Waals surface area contributed by atoms with Crippen LogP contribution in [0, 0.1) is 0 Å². The first kappa shape index (κ1) is 14.7. The van der Waals surface area contributed by atoms with Crippen molar-refractivity contribution in [1.29, 1.82) is 0 Å². The zero-order valence-electron chi connectivity index (χ0n) is 8.87. The number of hydrogen-bond donors (Lipinski definition) is 3. The van der Waals surface area contributed by atoms with Crippen LogP contribution in [0.1, 0.15) is 44.9 Å². The average Bonchev–Trinajstić information content (AvgIpc) is 2.14. The van der Waals surface area contributed by atoms with Gasteiger partial charge in [0.2, 0.25) is 0 Å². The summed E-state index contributed by atoms with van der Waals surface area (Å²) in [4.78, 5) is 10.2. The molecule has 0 saturated carbocycles. The van der Waals surface area contributed by atoms with Gasteiger partial charge in [0.25, 0.3) is 0 Å². The van der Waals surface area contributed by atoms with Gasteiger partial charge in [0.1, 0.15) is 4.32 Å². The van der Waals surface area contributed by atoms with Crippen molar-refractivity contribution in [1.82, 2.24) is 5.32 Å². The van der Waals surface area contributed by atoms with E-state index in [1.165, 1.54) is 6.42 Å². The molecule has 5 heteroatoms. The summed E-state index contributed by atoms with van der Waals surface area (Å²) in [6.45, 7) is 0.886. The minimum absolute atomic E-state index is 0.301. The molecule has 88 valence electrons. The monoisotopic (exact) mass is 249 g/mol. The Bertz CT molecular complexity index is 178. The number of hydrogen-bond acceptors (Lipinski definition) is 2. The molecule has 0 amide bonds. The first-order valence-electron chi connectivity index (χ1n) is 5.31. The van der Waals surface area contributed by atoms with E-state index in [2.05, 4.69) is 17.9 Å². The summed E-state index contributed by atoms with van der Waals surface area (Å²) in [5, 5.41) is 11.4. The van der Waals surface area contributed by atoms with Gasteiger partial charge in [-0.15, -0.1) is 12.6 Å². The zero-order valence-corrected chi connectivity index (χ0v) is 10.6. The Balaban J connectivity index is 2.99. The van der Waals surface area contributed by atoms with Gasteiger partial charge in [0.15, 0.2) is 0 Å². The van der Waals surface area contributed by atoms with Crippen LogP contribution >= 0.6 is 24.8 Å². The first-order valence-corrected chi connectivity index (χ1v) is 6.17. The molecule has 0 unspecified atom stereocenters. The van der Waals surface area contributed by atoms with Gasteiger partial charge in [-0.2, -0.15) is 0 Å². The lowest BCUT2D eigenvalue weighted by Crippen LogP contribution is -2.17. The van der Waals surface area contributed by atoms with Crippen molar-refractivity contribution in [3.8, 4) is 0 Å². The summed E-state index contributed by atoms with van der Waals surface area (Å²) in [7, 11) is 0. The van der Waals surface area contributed by atoms with E-state index in [9.17, 15) is 4.79 Å². The van der Waals surface area contributed by atoms with Crippen LogP contribution in [0.5, 0.6) is 0 Å². The predicted molar refractivity (Wildman–Crippen MR) is 69.5 cm³/mol. The lowest BCUT2D eigenvalue weighted by Gasteiger charge is -2.02. The summed E-state index contributed by atoms with van der Waals surface area (Å²) >= 11 is 8.71. The Labute approximate surface area is 102 Å². The van der Waals surface area contributed by atoms with Crippen LogP contribution in [-0.4, -0.2) is 21.9 Å². The van der Waals surface area contributed by atoms with Crippen LogP contribution in [-0.2, 0) is 4.79 Å². The molecule has 0 bridgehead atoms. The van der Waals surface area contributed by atoms with Gasteiger partial charge in [-0.3, -0.25) is 4.79 Å². The van der Waals surface area contributed by atoms with Gasteiger partial charge < -0.3 is 10.4 Å². The molecule has 0 aromatic heterocycles. The van der Waals surface area contributed by atoms with Crippen LogP contribution in [0.15, 0.2) is 0 Å². The summed E-state index contributed by atoms with van der Waals surface area (Å²) in [6.07, 6.45) is 6.67. The van der Waals surface area contributed by atoms with Gasteiger partial charge in [-0.1, -0.05) is 37.9 Å². The highest BCUT2D eigenvalue weighted by atomic mass is 32.1. The molecule has 15 heavy (non-hydrogen) atoms. The fraction of sp³-hybridized carbons (Fsp3) is 0.800. The largest absolute Gasteiger partial charge is 0.481 e. The fourth-order valence-corrected chi connectivity index (χ4v) is 1.52. The van der Waals surface area contributed by atoms with E-state index in [-0.39, 0.29) is 0 Å². The van der Waals surface area contributed by atoms with Crippen LogP contribution in [0.4, 0.5) is 0 Å². The van der Waals surface area contributed by atoms with E-state index in [1.54, 1.807) is 0 Å². The maximum Gasteiger partial charge on any atom is 0.303 e. The number of thiocarbonyl (C=S) groups is 1. The van der Waals surface area contributed by atoms with Gasteiger partial charge >= 0.3 is 5.97 Å². The van der Waals surface area contributed by atoms with Crippen LogP contribution in [0.3, 0.4) is 0 Å². The number of carboxylic acids is 1. The zero-order chi connectivity index (χ0) is 11.5. The molecule has 0 aromatic carbocycles. The highest BCUT2D eigenvalue weighted by Crippen LogP contribution is 2.06. The highest BCUT2D eigenvalue weighted by Gasteiger charge is 1.96. The number of aliphatic carboxylic acids is 1. The molecule has 0 fully saturated rings. The second-order valence-corrected chi connectivity index (χ2v) is 4.66. The lowest BCUT2D eigenvalue weighted by atomic mass is 10.1. The Hall–Kier alpha value is -0.290. The summed E-state index contributed by atoms with van der Waals surface area (Å²) in [5.74, 6) is -0.693. The van der Waals surface area contributed by atoms with Crippen molar-refractivity contribution >= 4 is 35.1 Å². The van der Waals surface area contributed by atoms with Crippen molar-refractivity contribution in [2.24, 2.45) is 0 Å². The Kier molecular flexibility index (Phi) is 10.0. The number of carboxylic acid groups (broad SMARTS) is 1. The Morgan fingerprint density at radius 1 is 1.13 bits per heavy atom. The van der Waals surface area contributed by atoms with E-state index in [4.69, 9.17) is 17.3 Å². The number of thiol groups is 1. The molecule has 0 spiro atoms. The van der Waals surface area contributed by atoms with Crippen LogP contribution < -0.4 is 5.32 Å². The standard InChI is InChI=1S/C10H19NO2S2/c12-9(13)7-5-3-1-2-4-6-8-11-10(14)15/h1-8H2,(H,12,13)(H2,11,14,15). The van der Waals surface area contributed by atoms with Gasteiger partial charge in [-0.25, -0.2) is 0 Å². The second kappa shape index (κ2) is 10.2. The molecule has 0 atom stereocenters. The molecule has 0 heterocycles. The third kappa shape index (κ3) is 13.7. The topological polar surface area (TPSA) is 49.3 Å². The van der Waals surface area contributed by atoms with E-state index in [0.29, 0.717) is 10.7 Å². The molecule has 3 nitrogen and oxygen atoms in total. The summed E-state index contributed by atoms with van der Waals surface area (Å²) in [6, 6.07) is 0. The molecule has 0 aromatic rings. The second-order valence-electron chi connectivity index (χ2n) is 3.50. The Morgan fingerprint density at radius 3 is 2.20 bits per heavy atom. The number of unbranched alkanes of at least 4 members (excludes halogenated alkanes) is 5. The number of carbonyl (C=O) groups is 1. The van der Waals surface area contributed by atoms with Crippen molar-refractivity contribution in [2.75, 3.05) is 6.54 Å². The number of rotatable bonds is 9. The van der Waals surface area contributed by atoms with E-state index < -0.39 is 5.97 Å². The smallest absolute Gasteiger partial charge is 0.303 e. The molecular weight excluding hydrogens is 230 g/mol. The average molecular weight is 249 g/mol. The maximum atomic E-state index is 10.2. The third-order valence-electron chi connectivity index (χ3n) is 2.09. The molecule has 0 saturated heterocycles. The van der Waals surface area contributed by atoms with Crippen molar-refractivity contribution in [3.63, 3.8) is 0 Å². The molecule has 0 aliphatic carbocycles. The van der Waals surface area contributed by atoms with E-state index in [0.717, 1.165) is 38.6 Å². The van der Waals surface area contributed by atoms with E-state index >= 15 is 0 Å². The molecular formula is C10H19NO2S2. The van der Waals surface area contributed by atoms with Crippen LogP contribution in [0.2, 0.25) is 0 Å². The summed E-state index contributed by atoms with van der Waals surface area (Å²) in [5.41, 5.74) is 0. The minimum Gasteiger partial charge on any atom is -0.481 e. The summed E-state index contributed by atoms with van der Waals surface area (Å²) < 4.78 is 0.552.